The molecule has 150 valence electrons. The molecule has 28 heavy (non-hydrogen) atoms. The van der Waals surface area contributed by atoms with Crippen LogP contribution in [0.5, 0.6) is 0 Å². The van der Waals surface area contributed by atoms with Gasteiger partial charge in [-0.3, -0.25) is 24.1 Å². The first-order chi connectivity index (χ1) is 13.4. The van der Waals surface area contributed by atoms with Gasteiger partial charge in [0.25, 0.3) is 0 Å². The van der Waals surface area contributed by atoms with Gasteiger partial charge in [0, 0.05) is 5.02 Å². The number of hydrogen-bond donors (Lipinski definition) is 1. The van der Waals surface area contributed by atoms with E-state index in [0.29, 0.717) is 23.4 Å². The minimum atomic E-state index is -0.719. The van der Waals surface area contributed by atoms with Crippen LogP contribution in [0.2, 0.25) is 5.02 Å². The van der Waals surface area contributed by atoms with Gasteiger partial charge in [0.1, 0.15) is 6.54 Å². The molecule has 8 heteroatoms. The highest BCUT2D eigenvalue weighted by Crippen LogP contribution is 2.37. The lowest BCUT2D eigenvalue weighted by atomic mass is 9.81. The SMILES string of the molecule is COC(=O)CC(NC(=O)CN1C(=O)C2CCCCC2C1=O)c1ccccc1Cl. The van der Waals surface area contributed by atoms with Gasteiger partial charge in [0.2, 0.25) is 17.7 Å². The highest BCUT2D eigenvalue weighted by atomic mass is 35.5. The fourth-order valence-corrected chi connectivity index (χ4v) is 4.28. The first-order valence-corrected chi connectivity index (χ1v) is 9.76. The van der Waals surface area contributed by atoms with E-state index in [-0.39, 0.29) is 36.6 Å². The van der Waals surface area contributed by atoms with Crippen molar-refractivity contribution in [3.63, 3.8) is 0 Å². The van der Waals surface area contributed by atoms with Crippen LogP contribution in [-0.2, 0) is 23.9 Å². The maximum absolute atomic E-state index is 12.6. The molecule has 3 unspecified atom stereocenters. The number of carbonyl (C=O) groups excluding carboxylic acids is 4. The van der Waals surface area contributed by atoms with E-state index in [1.807, 2.05) is 0 Å². The number of ether oxygens (including phenoxy) is 1. The van der Waals surface area contributed by atoms with E-state index in [0.717, 1.165) is 17.7 Å². The summed E-state index contributed by atoms with van der Waals surface area (Å²) < 4.78 is 4.70. The topological polar surface area (TPSA) is 92.8 Å². The van der Waals surface area contributed by atoms with E-state index in [9.17, 15) is 19.2 Å². The average molecular weight is 407 g/mol. The lowest BCUT2D eigenvalue weighted by Crippen LogP contribution is -2.42. The highest BCUT2D eigenvalue weighted by molar-refractivity contribution is 6.31. The van der Waals surface area contributed by atoms with Gasteiger partial charge < -0.3 is 10.1 Å². The number of nitrogens with zero attached hydrogens (tertiary/aromatic N) is 1. The van der Waals surface area contributed by atoms with Crippen LogP contribution in [0.1, 0.15) is 43.7 Å². The number of methoxy groups -OCH3 is 1. The molecule has 3 rings (SSSR count). The van der Waals surface area contributed by atoms with Crippen molar-refractivity contribution in [1.82, 2.24) is 10.2 Å². The van der Waals surface area contributed by atoms with Crippen LogP contribution in [0.4, 0.5) is 0 Å². The molecule has 1 saturated carbocycles. The second kappa shape index (κ2) is 8.73. The van der Waals surface area contributed by atoms with Crippen LogP contribution in [0, 0.1) is 11.8 Å². The van der Waals surface area contributed by atoms with Gasteiger partial charge in [-0.25, -0.2) is 0 Å². The number of nitrogens with one attached hydrogen (secondary N) is 1. The Bertz CT molecular complexity index is 773. The van der Waals surface area contributed by atoms with Crippen LogP contribution < -0.4 is 5.32 Å². The van der Waals surface area contributed by atoms with Crippen LogP contribution in [0.15, 0.2) is 24.3 Å². The summed E-state index contributed by atoms with van der Waals surface area (Å²) in [6, 6.07) is 6.13. The normalized spacial score (nSPS) is 22.6. The standard InChI is InChI=1S/C20H23ClN2O5/c1-28-18(25)10-16(14-8-4-5-9-15(14)21)22-17(24)11-23-19(26)12-6-2-3-7-13(12)20(23)27/h4-5,8-9,12-13,16H,2-3,6-7,10-11H2,1H3,(H,22,24). The van der Waals surface area contributed by atoms with E-state index in [4.69, 9.17) is 16.3 Å². The first-order valence-electron chi connectivity index (χ1n) is 9.38. The molecule has 0 aromatic heterocycles. The largest absolute Gasteiger partial charge is 0.469 e. The molecule has 1 saturated heterocycles. The molecule has 0 bridgehead atoms. The van der Waals surface area contributed by atoms with Crippen LogP contribution in [-0.4, -0.2) is 42.2 Å². The molecule has 3 atom stereocenters. The fraction of sp³-hybridized carbons (Fsp3) is 0.500. The molecule has 2 fully saturated rings. The van der Waals surface area contributed by atoms with E-state index in [1.165, 1.54) is 7.11 Å². The molecule has 1 aliphatic carbocycles. The number of fused-ring (bicyclic) bond motifs is 1. The molecular weight excluding hydrogens is 384 g/mol. The molecule has 1 heterocycles. The van der Waals surface area contributed by atoms with Crippen LogP contribution in [0.25, 0.3) is 0 Å². The van der Waals surface area contributed by atoms with Crippen molar-refractivity contribution in [1.29, 1.82) is 0 Å². The van der Waals surface area contributed by atoms with Gasteiger partial charge in [-0.2, -0.15) is 0 Å². The summed E-state index contributed by atoms with van der Waals surface area (Å²) in [5, 5.41) is 3.12. The summed E-state index contributed by atoms with van der Waals surface area (Å²) in [4.78, 5) is 50.5. The van der Waals surface area contributed by atoms with Gasteiger partial charge in [-0.15, -0.1) is 0 Å². The quantitative estimate of drug-likeness (QED) is 0.577. The number of halogens is 1. The van der Waals surface area contributed by atoms with E-state index < -0.39 is 17.9 Å². The number of likely N-dealkylation sites (tertiary alicyclic amines) is 1. The molecule has 1 aromatic rings. The Balaban J connectivity index is 1.71. The molecule has 7 nitrogen and oxygen atoms in total. The number of rotatable bonds is 6. The first kappa shape index (κ1) is 20.3. The Morgan fingerprint density at radius 1 is 1.18 bits per heavy atom. The summed E-state index contributed by atoms with van der Waals surface area (Å²) in [6.45, 7) is -0.354. The maximum atomic E-state index is 12.6. The van der Waals surface area contributed by atoms with Crippen molar-refractivity contribution in [2.75, 3.05) is 13.7 Å². The monoisotopic (exact) mass is 406 g/mol. The van der Waals surface area contributed by atoms with Gasteiger partial charge in [-0.05, 0) is 24.5 Å². The van der Waals surface area contributed by atoms with Crippen molar-refractivity contribution in [3.05, 3.63) is 34.9 Å². The summed E-state index contributed by atoms with van der Waals surface area (Å²) in [5.41, 5.74) is 0.565. The second-order valence-electron chi connectivity index (χ2n) is 7.18. The van der Waals surface area contributed by atoms with Crippen molar-refractivity contribution in [2.24, 2.45) is 11.8 Å². The smallest absolute Gasteiger partial charge is 0.307 e. The summed E-state index contributed by atoms with van der Waals surface area (Å²) in [5.74, 6) is -2.18. The maximum Gasteiger partial charge on any atom is 0.307 e. The molecule has 1 aliphatic heterocycles. The van der Waals surface area contributed by atoms with E-state index in [2.05, 4.69) is 5.32 Å². The number of imide groups is 1. The third-order valence-electron chi connectivity index (χ3n) is 5.45. The lowest BCUT2D eigenvalue weighted by Gasteiger charge is -2.21. The molecular formula is C20H23ClN2O5. The third kappa shape index (κ3) is 4.19. The van der Waals surface area contributed by atoms with Crippen molar-refractivity contribution in [3.8, 4) is 0 Å². The zero-order valence-electron chi connectivity index (χ0n) is 15.7. The zero-order valence-corrected chi connectivity index (χ0v) is 16.4. The van der Waals surface area contributed by atoms with Gasteiger partial charge in [-0.1, -0.05) is 42.6 Å². The minimum absolute atomic E-state index is 0.112. The molecule has 1 aromatic carbocycles. The number of hydrogen-bond acceptors (Lipinski definition) is 5. The number of amides is 3. The average Bonchev–Trinajstić information content (AvgIpc) is 2.93. The van der Waals surface area contributed by atoms with Crippen LogP contribution in [0.3, 0.4) is 0 Å². The summed E-state index contributed by atoms with van der Waals surface area (Å²) >= 11 is 6.21. The van der Waals surface area contributed by atoms with Gasteiger partial charge in [0.15, 0.2) is 0 Å². The molecule has 3 amide bonds. The van der Waals surface area contributed by atoms with Gasteiger partial charge >= 0.3 is 5.97 Å². The van der Waals surface area contributed by atoms with Crippen molar-refractivity contribution >= 4 is 35.3 Å². The van der Waals surface area contributed by atoms with Crippen molar-refractivity contribution < 1.29 is 23.9 Å². The highest BCUT2D eigenvalue weighted by Gasteiger charge is 2.48. The minimum Gasteiger partial charge on any atom is -0.469 e. The number of benzene rings is 1. The van der Waals surface area contributed by atoms with Crippen molar-refractivity contribution in [2.45, 2.75) is 38.1 Å². The Morgan fingerprint density at radius 2 is 1.79 bits per heavy atom. The zero-order chi connectivity index (χ0) is 20.3. The molecule has 1 N–H and O–H groups in total. The fourth-order valence-electron chi connectivity index (χ4n) is 4.02. The number of carbonyl (C=O) groups is 4. The van der Waals surface area contributed by atoms with Crippen LogP contribution >= 0.6 is 11.6 Å². The number of esters is 1. The van der Waals surface area contributed by atoms with Gasteiger partial charge in [0.05, 0.1) is 31.4 Å². The summed E-state index contributed by atoms with van der Waals surface area (Å²) in [6.07, 6.45) is 3.12. The molecule has 0 spiro atoms. The Morgan fingerprint density at radius 3 is 2.36 bits per heavy atom. The second-order valence-corrected chi connectivity index (χ2v) is 7.59. The Kier molecular flexibility index (Phi) is 6.34. The lowest BCUT2D eigenvalue weighted by molar-refractivity contribution is -0.145. The molecule has 2 aliphatic rings. The Labute approximate surface area is 168 Å². The van der Waals surface area contributed by atoms with E-state index >= 15 is 0 Å². The summed E-state index contributed by atoms with van der Waals surface area (Å²) in [7, 11) is 1.26. The Hall–Kier alpha value is -2.41. The third-order valence-corrected chi connectivity index (χ3v) is 5.79. The predicted molar refractivity (Wildman–Crippen MR) is 101 cm³/mol. The predicted octanol–water partition coefficient (Wildman–Crippen LogP) is 2.24. The van der Waals surface area contributed by atoms with E-state index in [1.54, 1.807) is 24.3 Å². The molecule has 0 radical (unpaired) electrons.